The van der Waals surface area contributed by atoms with Crippen LogP contribution in [0.25, 0.3) is 0 Å². The smallest absolute Gasteiger partial charge is 0.254 e. The first-order valence-corrected chi connectivity index (χ1v) is 9.98. The zero-order valence-electron chi connectivity index (χ0n) is 12.1. The van der Waals surface area contributed by atoms with Gasteiger partial charge in [-0.1, -0.05) is 0 Å². The van der Waals surface area contributed by atoms with Crippen LogP contribution in [0.1, 0.15) is 10.4 Å². The Bertz CT molecular complexity index is 800. The molecule has 2 aromatic heterocycles. The Morgan fingerprint density at radius 2 is 1.74 bits per heavy atom. The van der Waals surface area contributed by atoms with Crippen LogP contribution >= 0.6 is 27.3 Å². The predicted molar refractivity (Wildman–Crippen MR) is 90.9 cm³/mol. The molecule has 6 nitrogen and oxygen atoms in total. The van der Waals surface area contributed by atoms with Crippen molar-refractivity contribution in [2.75, 3.05) is 26.2 Å². The summed E-state index contributed by atoms with van der Waals surface area (Å²) in [7, 11) is -3.48. The summed E-state index contributed by atoms with van der Waals surface area (Å²) < 4.78 is 27.6. The van der Waals surface area contributed by atoms with Gasteiger partial charge in [-0.15, -0.1) is 11.3 Å². The molecule has 0 N–H and O–H groups in total. The van der Waals surface area contributed by atoms with Crippen molar-refractivity contribution >= 4 is 43.2 Å². The molecule has 0 atom stereocenters. The number of halogens is 1. The highest BCUT2D eigenvalue weighted by atomic mass is 79.9. The van der Waals surface area contributed by atoms with Crippen LogP contribution in [0.5, 0.6) is 0 Å². The molecule has 0 bridgehead atoms. The van der Waals surface area contributed by atoms with E-state index in [1.54, 1.807) is 41.6 Å². The number of piperazine rings is 1. The maximum atomic E-state index is 12.6. The van der Waals surface area contributed by atoms with E-state index in [0.717, 1.165) is 3.79 Å². The maximum absolute atomic E-state index is 12.6. The Balaban J connectivity index is 1.68. The quantitative estimate of drug-likeness (QED) is 0.768. The van der Waals surface area contributed by atoms with Gasteiger partial charge >= 0.3 is 0 Å². The number of carbonyl (C=O) groups is 1. The van der Waals surface area contributed by atoms with Crippen LogP contribution in [-0.4, -0.2) is 54.7 Å². The topological polar surface area (TPSA) is 70.6 Å². The first-order valence-electron chi connectivity index (χ1n) is 6.93. The van der Waals surface area contributed by atoms with Gasteiger partial charge < -0.3 is 4.90 Å². The molecule has 2 aromatic rings. The van der Waals surface area contributed by atoms with Crippen molar-refractivity contribution in [1.82, 2.24) is 14.2 Å². The van der Waals surface area contributed by atoms with E-state index in [4.69, 9.17) is 0 Å². The van der Waals surface area contributed by atoms with Gasteiger partial charge in [0.05, 0.1) is 3.79 Å². The lowest BCUT2D eigenvalue weighted by atomic mass is 10.2. The van der Waals surface area contributed by atoms with E-state index >= 15 is 0 Å². The molecule has 122 valence electrons. The zero-order chi connectivity index (χ0) is 16.4. The number of rotatable bonds is 3. The average Bonchev–Trinajstić information content (AvgIpc) is 3.02. The summed E-state index contributed by atoms with van der Waals surface area (Å²) in [5.74, 6) is -0.0942. The second-order valence-electron chi connectivity index (χ2n) is 4.99. The Morgan fingerprint density at radius 1 is 1.09 bits per heavy atom. The summed E-state index contributed by atoms with van der Waals surface area (Å²) in [6.07, 6.45) is 3.14. The minimum absolute atomic E-state index is 0.0942. The molecule has 1 saturated heterocycles. The normalized spacial score (nSPS) is 16.5. The molecule has 0 unspecified atom stereocenters. The molecule has 1 fully saturated rings. The lowest BCUT2D eigenvalue weighted by Gasteiger charge is -2.33. The van der Waals surface area contributed by atoms with Gasteiger partial charge in [0, 0.05) is 44.1 Å². The number of hydrogen-bond acceptors (Lipinski definition) is 5. The molecule has 0 aromatic carbocycles. The van der Waals surface area contributed by atoms with Gasteiger partial charge in [0.15, 0.2) is 0 Å². The van der Waals surface area contributed by atoms with E-state index < -0.39 is 10.0 Å². The number of carbonyl (C=O) groups excluding carboxylic acids is 1. The number of thiophene rings is 1. The molecule has 0 aliphatic carbocycles. The molecule has 3 heterocycles. The van der Waals surface area contributed by atoms with Crippen molar-refractivity contribution < 1.29 is 13.2 Å². The number of nitrogens with zero attached hydrogens (tertiary/aromatic N) is 3. The second kappa shape index (κ2) is 6.68. The standard InChI is InChI=1S/C14H14BrN3O3S2/c15-12-1-2-13(22-12)23(20,21)18-9-7-17(8-10-18)14(19)11-3-5-16-6-4-11/h1-6H,7-10H2. The number of pyridine rings is 1. The lowest BCUT2D eigenvalue weighted by Crippen LogP contribution is -2.50. The Hall–Kier alpha value is -1.29. The lowest BCUT2D eigenvalue weighted by molar-refractivity contribution is 0.0698. The van der Waals surface area contributed by atoms with Gasteiger partial charge in [0.25, 0.3) is 15.9 Å². The third kappa shape index (κ3) is 3.47. The Kier molecular flexibility index (Phi) is 4.81. The Labute approximate surface area is 146 Å². The van der Waals surface area contributed by atoms with Crippen LogP contribution in [-0.2, 0) is 10.0 Å². The minimum atomic E-state index is -3.48. The van der Waals surface area contributed by atoms with E-state index in [2.05, 4.69) is 20.9 Å². The highest BCUT2D eigenvalue weighted by Gasteiger charge is 2.31. The second-order valence-corrected chi connectivity index (χ2v) is 9.62. The molecule has 1 amide bonds. The largest absolute Gasteiger partial charge is 0.336 e. The van der Waals surface area contributed by atoms with Gasteiger partial charge in [-0.2, -0.15) is 4.31 Å². The molecule has 0 spiro atoms. The molecular weight excluding hydrogens is 402 g/mol. The number of hydrogen-bond donors (Lipinski definition) is 0. The minimum Gasteiger partial charge on any atom is -0.336 e. The summed E-state index contributed by atoms with van der Waals surface area (Å²) in [4.78, 5) is 17.9. The number of aromatic nitrogens is 1. The fraction of sp³-hybridized carbons (Fsp3) is 0.286. The average molecular weight is 416 g/mol. The molecular formula is C14H14BrN3O3S2. The molecule has 9 heteroatoms. The first-order chi connectivity index (χ1) is 11.0. The van der Waals surface area contributed by atoms with Crippen molar-refractivity contribution in [1.29, 1.82) is 0 Å². The highest BCUT2D eigenvalue weighted by molar-refractivity contribution is 9.11. The summed E-state index contributed by atoms with van der Waals surface area (Å²) in [5, 5.41) is 0. The number of sulfonamides is 1. The van der Waals surface area contributed by atoms with Gasteiger partial charge in [-0.3, -0.25) is 9.78 Å². The van der Waals surface area contributed by atoms with Crippen molar-refractivity contribution in [3.05, 3.63) is 46.0 Å². The summed E-state index contributed by atoms with van der Waals surface area (Å²) >= 11 is 4.47. The van der Waals surface area contributed by atoms with Crippen LogP contribution < -0.4 is 0 Å². The van der Waals surface area contributed by atoms with Crippen molar-refractivity contribution in [2.24, 2.45) is 0 Å². The van der Waals surface area contributed by atoms with Crippen LogP contribution in [0, 0.1) is 0 Å². The van der Waals surface area contributed by atoms with E-state index in [9.17, 15) is 13.2 Å². The van der Waals surface area contributed by atoms with Gasteiger partial charge in [0.1, 0.15) is 4.21 Å². The van der Waals surface area contributed by atoms with E-state index in [-0.39, 0.29) is 5.91 Å². The molecule has 1 aliphatic heterocycles. The molecule has 0 radical (unpaired) electrons. The summed E-state index contributed by atoms with van der Waals surface area (Å²) in [5.41, 5.74) is 0.568. The third-order valence-corrected chi connectivity index (χ3v) is 7.59. The monoisotopic (exact) mass is 415 g/mol. The van der Waals surface area contributed by atoms with E-state index in [1.165, 1.54) is 15.6 Å². The molecule has 0 saturated carbocycles. The van der Waals surface area contributed by atoms with Crippen molar-refractivity contribution in [3.8, 4) is 0 Å². The number of amides is 1. The van der Waals surface area contributed by atoms with Crippen LogP contribution in [0.15, 0.2) is 44.7 Å². The fourth-order valence-electron chi connectivity index (χ4n) is 2.37. The fourth-order valence-corrected chi connectivity index (χ4v) is 5.96. The summed E-state index contributed by atoms with van der Waals surface area (Å²) in [6.45, 7) is 1.36. The first kappa shape index (κ1) is 16.6. The SMILES string of the molecule is O=C(c1ccncc1)N1CCN(S(=O)(=O)c2ccc(Br)s2)CC1. The maximum Gasteiger partial charge on any atom is 0.254 e. The zero-order valence-corrected chi connectivity index (χ0v) is 15.3. The van der Waals surface area contributed by atoms with Crippen molar-refractivity contribution in [2.45, 2.75) is 4.21 Å². The van der Waals surface area contributed by atoms with E-state index in [0.29, 0.717) is 36.0 Å². The van der Waals surface area contributed by atoms with Crippen LogP contribution in [0.4, 0.5) is 0 Å². The van der Waals surface area contributed by atoms with Gasteiger partial charge in [-0.05, 0) is 40.2 Å². The van der Waals surface area contributed by atoms with Gasteiger partial charge in [-0.25, -0.2) is 8.42 Å². The van der Waals surface area contributed by atoms with Crippen molar-refractivity contribution in [3.63, 3.8) is 0 Å². The Morgan fingerprint density at radius 3 is 2.30 bits per heavy atom. The predicted octanol–water partition coefficient (Wildman–Crippen LogP) is 2.05. The van der Waals surface area contributed by atoms with Crippen LogP contribution in [0.2, 0.25) is 0 Å². The summed E-state index contributed by atoms with van der Waals surface area (Å²) in [6, 6.07) is 6.64. The van der Waals surface area contributed by atoms with Gasteiger partial charge in [0.2, 0.25) is 0 Å². The van der Waals surface area contributed by atoms with E-state index in [1.807, 2.05) is 0 Å². The molecule has 1 aliphatic rings. The molecule has 23 heavy (non-hydrogen) atoms. The highest BCUT2D eigenvalue weighted by Crippen LogP contribution is 2.29. The molecule has 3 rings (SSSR count). The third-order valence-electron chi connectivity index (χ3n) is 3.60. The van der Waals surface area contributed by atoms with Crippen LogP contribution in [0.3, 0.4) is 0 Å².